The van der Waals surface area contributed by atoms with Crippen molar-refractivity contribution in [3.8, 4) is 6.07 Å². The highest BCUT2D eigenvalue weighted by molar-refractivity contribution is 6.88. The lowest BCUT2D eigenvalue weighted by molar-refractivity contribution is 0.0803. The summed E-state index contributed by atoms with van der Waals surface area (Å²) in [4.78, 5) is 12.4. The monoisotopic (exact) mass is 425 g/mol. The minimum absolute atomic E-state index is 0.162. The lowest BCUT2D eigenvalue weighted by atomic mass is 10.0. The fourth-order valence-corrected chi connectivity index (χ4v) is 4.10. The Morgan fingerprint density at radius 1 is 1.23 bits per heavy atom. The van der Waals surface area contributed by atoms with E-state index < -0.39 is 14.2 Å². The van der Waals surface area contributed by atoms with Gasteiger partial charge in [-0.05, 0) is 31.4 Å². The Hall–Kier alpha value is -2.85. The number of ether oxygens (including phenoxy) is 2. The van der Waals surface area contributed by atoms with Crippen LogP contribution in [0.15, 0.2) is 30.3 Å². The molecule has 0 amide bonds. The van der Waals surface area contributed by atoms with Gasteiger partial charge >= 0.3 is 6.16 Å². The predicted octanol–water partition coefficient (Wildman–Crippen LogP) is 4.96. The molecule has 0 radical (unpaired) electrons. The first kappa shape index (κ1) is 23.4. The number of hydrogen-bond acceptors (Lipinski definition) is 5. The Morgan fingerprint density at radius 2 is 1.87 bits per heavy atom. The Labute approximate surface area is 180 Å². The highest BCUT2D eigenvalue weighted by Crippen LogP contribution is 2.28. The molecule has 7 heteroatoms. The molecule has 0 unspecified atom stereocenters. The number of aryl methyl sites for hydroxylation is 2. The van der Waals surface area contributed by atoms with Gasteiger partial charge in [-0.25, -0.2) is 4.79 Å². The molecule has 2 aromatic rings. The first-order chi connectivity index (χ1) is 14.1. The molecular weight excluding hydrogens is 394 g/mol. The van der Waals surface area contributed by atoms with Gasteiger partial charge in [0, 0.05) is 6.54 Å². The van der Waals surface area contributed by atoms with Crippen molar-refractivity contribution in [2.24, 2.45) is 5.92 Å². The highest BCUT2D eigenvalue weighted by atomic mass is 28.3. The fourth-order valence-electron chi connectivity index (χ4n) is 2.93. The maximum Gasteiger partial charge on any atom is 0.513 e. The van der Waals surface area contributed by atoms with Crippen LogP contribution in [0.1, 0.15) is 37.7 Å². The van der Waals surface area contributed by atoms with Gasteiger partial charge in [-0.1, -0.05) is 62.9 Å². The van der Waals surface area contributed by atoms with E-state index in [2.05, 4.69) is 42.9 Å². The molecule has 160 valence electrons. The second kappa shape index (κ2) is 9.77. The van der Waals surface area contributed by atoms with E-state index in [9.17, 15) is 10.1 Å². The molecule has 0 aliphatic heterocycles. The molecule has 30 heavy (non-hydrogen) atoms. The van der Waals surface area contributed by atoms with Crippen LogP contribution in [0, 0.1) is 24.2 Å². The van der Waals surface area contributed by atoms with Crippen molar-refractivity contribution in [1.29, 1.82) is 5.26 Å². The van der Waals surface area contributed by atoms with Crippen LogP contribution in [-0.4, -0.2) is 30.6 Å². The van der Waals surface area contributed by atoms with Gasteiger partial charge in [0.2, 0.25) is 0 Å². The minimum Gasteiger partial charge on any atom is -0.434 e. The van der Waals surface area contributed by atoms with Crippen LogP contribution in [0.2, 0.25) is 19.6 Å². The molecule has 1 heterocycles. The minimum atomic E-state index is -1.47. The molecule has 0 bridgehead atoms. The topological polar surface area (TPSA) is 77.1 Å². The Balaban J connectivity index is 2.57. The molecule has 6 nitrogen and oxygen atoms in total. The number of nitriles is 1. The van der Waals surface area contributed by atoms with Crippen molar-refractivity contribution in [1.82, 2.24) is 9.78 Å². The van der Waals surface area contributed by atoms with E-state index in [0.29, 0.717) is 17.8 Å². The molecule has 1 aromatic carbocycles. The first-order valence-electron chi connectivity index (χ1n) is 10.2. The maximum atomic E-state index is 12.4. The maximum absolute atomic E-state index is 12.4. The van der Waals surface area contributed by atoms with Crippen molar-refractivity contribution in [2.75, 3.05) is 6.61 Å². The van der Waals surface area contributed by atoms with Crippen LogP contribution < -0.4 is 5.19 Å². The summed E-state index contributed by atoms with van der Waals surface area (Å²) < 4.78 is 12.5. The molecule has 0 spiro atoms. The third-order valence-corrected chi connectivity index (χ3v) is 6.60. The summed E-state index contributed by atoms with van der Waals surface area (Å²) >= 11 is 0. The van der Waals surface area contributed by atoms with E-state index >= 15 is 0 Å². The van der Waals surface area contributed by atoms with E-state index in [1.165, 1.54) is 5.19 Å². The van der Waals surface area contributed by atoms with Gasteiger partial charge in [-0.3, -0.25) is 4.68 Å². The SMILES string of the molecule is CCn1nc(C)cc1/C(OC(=O)OCC(C)C)=C(/C#N)c1ccc([Si](C)(C)C)cc1. The lowest BCUT2D eigenvalue weighted by Crippen LogP contribution is -2.37. The van der Waals surface area contributed by atoms with Gasteiger partial charge in [-0.15, -0.1) is 0 Å². The van der Waals surface area contributed by atoms with Crippen molar-refractivity contribution in [3.05, 3.63) is 47.3 Å². The summed E-state index contributed by atoms with van der Waals surface area (Å²) in [6.07, 6.45) is -0.827. The number of allylic oxidation sites excluding steroid dienone is 1. The van der Waals surface area contributed by atoms with Gasteiger partial charge in [0.05, 0.1) is 20.4 Å². The van der Waals surface area contributed by atoms with Gasteiger partial charge in [0.15, 0.2) is 5.76 Å². The molecule has 0 saturated carbocycles. The molecule has 0 aliphatic carbocycles. The highest BCUT2D eigenvalue weighted by Gasteiger charge is 2.23. The zero-order chi connectivity index (χ0) is 22.5. The number of benzene rings is 1. The van der Waals surface area contributed by atoms with Crippen molar-refractivity contribution in [3.63, 3.8) is 0 Å². The quantitative estimate of drug-likeness (QED) is 0.271. The fraction of sp³-hybridized carbons (Fsp3) is 0.435. The van der Waals surface area contributed by atoms with Gasteiger partial charge in [0.1, 0.15) is 17.3 Å². The summed E-state index contributed by atoms with van der Waals surface area (Å²) in [5, 5.41) is 15.7. The van der Waals surface area contributed by atoms with Gasteiger partial charge in [0.25, 0.3) is 0 Å². The van der Waals surface area contributed by atoms with Gasteiger partial charge < -0.3 is 9.47 Å². The van der Waals surface area contributed by atoms with Crippen LogP contribution in [-0.2, 0) is 16.0 Å². The van der Waals surface area contributed by atoms with Crippen molar-refractivity contribution < 1.29 is 14.3 Å². The molecular formula is C23H31N3O3Si. The van der Waals surface area contributed by atoms with Crippen molar-refractivity contribution >= 4 is 30.7 Å². The number of carbonyl (C=O) groups is 1. The molecule has 0 N–H and O–H groups in total. The summed E-state index contributed by atoms with van der Waals surface area (Å²) in [5.74, 6) is 0.340. The standard InChI is InChI=1S/C23H31N3O3Si/c1-8-26-21(13-17(4)25-26)22(29-23(27)28-15-16(2)3)20(14-24)18-9-11-19(12-10-18)30(5,6)7/h9-13,16H,8,15H2,1-7H3/b22-20+. The first-order valence-corrected chi connectivity index (χ1v) is 13.7. The number of aromatic nitrogens is 2. The van der Waals surface area contributed by atoms with E-state index in [1.54, 1.807) is 4.68 Å². The lowest BCUT2D eigenvalue weighted by Gasteiger charge is -2.17. The number of nitrogens with zero attached hydrogens (tertiary/aromatic N) is 3. The Bertz CT molecular complexity index is 961. The third kappa shape index (κ3) is 5.83. The average molecular weight is 426 g/mol. The summed E-state index contributed by atoms with van der Waals surface area (Å²) in [7, 11) is -1.47. The van der Waals surface area contributed by atoms with E-state index in [4.69, 9.17) is 9.47 Å². The second-order valence-corrected chi connectivity index (χ2v) is 13.8. The third-order valence-electron chi connectivity index (χ3n) is 4.53. The molecule has 0 aliphatic rings. The molecule has 0 saturated heterocycles. The summed E-state index contributed by atoms with van der Waals surface area (Å²) in [6.45, 7) is 15.3. The van der Waals surface area contributed by atoms with E-state index in [-0.39, 0.29) is 23.9 Å². The summed E-state index contributed by atoms with van der Waals surface area (Å²) in [6, 6.07) is 12.0. The van der Waals surface area contributed by atoms with Crippen LogP contribution in [0.4, 0.5) is 4.79 Å². The smallest absolute Gasteiger partial charge is 0.434 e. The Kier molecular flexibility index (Phi) is 7.63. The molecule has 0 fully saturated rings. The molecule has 1 aromatic heterocycles. The number of carbonyl (C=O) groups excluding carboxylic acids is 1. The zero-order valence-electron chi connectivity index (χ0n) is 18.9. The largest absolute Gasteiger partial charge is 0.513 e. The zero-order valence-corrected chi connectivity index (χ0v) is 19.9. The summed E-state index contributed by atoms with van der Waals surface area (Å²) in [5.41, 5.74) is 2.30. The predicted molar refractivity (Wildman–Crippen MR) is 122 cm³/mol. The van der Waals surface area contributed by atoms with Crippen LogP contribution >= 0.6 is 0 Å². The molecule has 0 atom stereocenters. The number of hydrogen-bond donors (Lipinski definition) is 0. The van der Waals surface area contributed by atoms with Crippen LogP contribution in [0.3, 0.4) is 0 Å². The normalized spacial score (nSPS) is 12.4. The molecule has 2 rings (SSSR count). The van der Waals surface area contributed by atoms with E-state index in [1.807, 2.05) is 45.9 Å². The average Bonchev–Trinajstić information content (AvgIpc) is 3.06. The second-order valence-electron chi connectivity index (χ2n) is 8.69. The van der Waals surface area contributed by atoms with Crippen molar-refractivity contribution in [2.45, 2.75) is 53.9 Å². The number of rotatable bonds is 7. The van der Waals surface area contributed by atoms with Crippen LogP contribution in [0.5, 0.6) is 0 Å². The van der Waals surface area contributed by atoms with Crippen LogP contribution in [0.25, 0.3) is 11.3 Å². The van der Waals surface area contributed by atoms with Gasteiger partial charge in [-0.2, -0.15) is 10.4 Å². The van der Waals surface area contributed by atoms with E-state index in [0.717, 1.165) is 5.69 Å². The Morgan fingerprint density at radius 3 is 2.37 bits per heavy atom.